The second-order valence-corrected chi connectivity index (χ2v) is 6.01. The van der Waals surface area contributed by atoms with Gasteiger partial charge >= 0.3 is 0 Å². The standard InChI is InChI=1S/C19H24N2O/c22-14-4-13-21(15-16-9-11-20-12-10-16)19-8-3-6-17-5-1-2-7-18(17)19/h1-2,5,7,9-12,19,22H,3-4,6,8,13-15H2. The fourth-order valence-electron chi connectivity index (χ4n) is 3.45. The van der Waals surface area contributed by atoms with Crippen LogP contribution in [0.3, 0.4) is 0 Å². The summed E-state index contributed by atoms with van der Waals surface area (Å²) in [6.45, 7) is 2.10. The summed E-state index contributed by atoms with van der Waals surface area (Å²) in [7, 11) is 0. The van der Waals surface area contributed by atoms with Crippen molar-refractivity contribution >= 4 is 0 Å². The highest BCUT2D eigenvalue weighted by Gasteiger charge is 2.25. The SMILES string of the molecule is OCCCN(Cc1ccncc1)C1CCCc2ccccc21. The molecule has 1 aromatic heterocycles. The highest BCUT2D eigenvalue weighted by molar-refractivity contribution is 5.32. The van der Waals surface area contributed by atoms with E-state index in [0.29, 0.717) is 6.04 Å². The number of fused-ring (bicyclic) bond motifs is 1. The molecular weight excluding hydrogens is 272 g/mol. The summed E-state index contributed by atoms with van der Waals surface area (Å²) < 4.78 is 0. The molecule has 1 N–H and O–H groups in total. The number of hydrogen-bond donors (Lipinski definition) is 1. The molecule has 22 heavy (non-hydrogen) atoms. The number of hydrogen-bond acceptors (Lipinski definition) is 3. The summed E-state index contributed by atoms with van der Waals surface area (Å²) in [5.41, 5.74) is 4.25. The lowest BCUT2D eigenvalue weighted by molar-refractivity contribution is 0.152. The minimum absolute atomic E-state index is 0.251. The van der Waals surface area contributed by atoms with Gasteiger partial charge in [-0.2, -0.15) is 0 Å². The van der Waals surface area contributed by atoms with Gasteiger partial charge in [0.1, 0.15) is 0 Å². The van der Waals surface area contributed by atoms with Crippen LogP contribution in [0.4, 0.5) is 0 Å². The summed E-state index contributed by atoms with van der Waals surface area (Å²) in [5.74, 6) is 0. The molecule has 3 heteroatoms. The molecule has 0 radical (unpaired) electrons. The monoisotopic (exact) mass is 296 g/mol. The van der Waals surface area contributed by atoms with Crippen LogP contribution >= 0.6 is 0 Å². The third-order valence-electron chi connectivity index (χ3n) is 4.52. The molecule has 1 aromatic carbocycles. The molecule has 1 unspecified atom stereocenters. The van der Waals surface area contributed by atoms with E-state index >= 15 is 0 Å². The van der Waals surface area contributed by atoms with Gasteiger partial charge in [0.25, 0.3) is 0 Å². The van der Waals surface area contributed by atoms with Crippen molar-refractivity contribution in [1.29, 1.82) is 0 Å². The van der Waals surface area contributed by atoms with Crippen LogP contribution in [0.2, 0.25) is 0 Å². The maximum Gasteiger partial charge on any atom is 0.0443 e. The second-order valence-electron chi connectivity index (χ2n) is 6.01. The van der Waals surface area contributed by atoms with Crippen LogP contribution in [-0.2, 0) is 13.0 Å². The predicted octanol–water partition coefficient (Wildman–Crippen LogP) is 3.34. The van der Waals surface area contributed by atoms with Crippen molar-refractivity contribution < 1.29 is 5.11 Å². The number of rotatable bonds is 6. The van der Waals surface area contributed by atoms with Crippen LogP contribution in [-0.4, -0.2) is 28.1 Å². The molecule has 3 nitrogen and oxygen atoms in total. The molecule has 0 amide bonds. The molecule has 0 saturated carbocycles. The number of pyridine rings is 1. The van der Waals surface area contributed by atoms with Crippen LogP contribution < -0.4 is 0 Å². The molecule has 0 fully saturated rings. The molecule has 2 aromatic rings. The van der Waals surface area contributed by atoms with Crippen LogP contribution in [0.1, 0.15) is 42.0 Å². The zero-order valence-corrected chi connectivity index (χ0v) is 13.0. The van der Waals surface area contributed by atoms with Gasteiger partial charge in [-0.15, -0.1) is 0 Å². The first-order chi connectivity index (χ1) is 10.9. The van der Waals surface area contributed by atoms with Crippen molar-refractivity contribution in [3.63, 3.8) is 0 Å². The van der Waals surface area contributed by atoms with E-state index in [0.717, 1.165) is 19.5 Å². The fourth-order valence-corrected chi connectivity index (χ4v) is 3.45. The Morgan fingerprint density at radius 1 is 1.14 bits per heavy atom. The van der Waals surface area contributed by atoms with Gasteiger partial charge in [0.05, 0.1) is 0 Å². The van der Waals surface area contributed by atoms with Crippen LogP contribution in [0.15, 0.2) is 48.8 Å². The van der Waals surface area contributed by atoms with Crippen molar-refractivity contribution in [2.45, 2.75) is 38.3 Å². The summed E-state index contributed by atoms with van der Waals surface area (Å²) in [6.07, 6.45) is 8.17. The molecule has 1 heterocycles. The van der Waals surface area contributed by atoms with Gasteiger partial charge in [-0.1, -0.05) is 24.3 Å². The zero-order chi connectivity index (χ0) is 15.2. The minimum atomic E-state index is 0.251. The van der Waals surface area contributed by atoms with Gasteiger partial charge in [0.15, 0.2) is 0 Å². The quantitative estimate of drug-likeness (QED) is 0.888. The van der Waals surface area contributed by atoms with Gasteiger partial charge in [0.2, 0.25) is 0 Å². The van der Waals surface area contributed by atoms with E-state index in [2.05, 4.69) is 46.3 Å². The normalized spacial score (nSPS) is 17.5. The Morgan fingerprint density at radius 2 is 1.95 bits per heavy atom. The lowest BCUT2D eigenvalue weighted by atomic mass is 9.86. The Balaban J connectivity index is 1.83. The smallest absolute Gasteiger partial charge is 0.0443 e. The predicted molar refractivity (Wildman–Crippen MR) is 88.5 cm³/mol. The Kier molecular flexibility index (Phi) is 5.20. The lowest BCUT2D eigenvalue weighted by Gasteiger charge is -2.36. The van der Waals surface area contributed by atoms with Gasteiger partial charge in [-0.25, -0.2) is 0 Å². The van der Waals surface area contributed by atoms with E-state index in [1.54, 1.807) is 0 Å². The third kappa shape index (κ3) is 3.54. The van der Waals surface area contributed by atoms with Crippen molar-refractivity contribution in [2.24, 2.45) is 0 Å². The first kappa shape index (κ1) is 15.2. The van der Waals surface area contributed by atoms with Gasteiger partial charge in [0, 0.05) is 38.1 Å². The molecule has 1 aliphatic carbocycles. The van der Waals surface area contributed by atoms with Crippen molar-refractivity contribution in [3.8, 4) is 0 Å². The molecule has 0 aliphatic heterocycles. The highest BCUT2D eigenvalue weighted by atomic mass is 16.3. The number of aryl methyl sites for hydroxylation is 1. The number of aromatic nitrogens is 1. The molecule has 0 bridgehead atoms. The largest absolute Gasteiger partial charge is 0.396 e. The molecule has 0 spiro atoms. The zero-order valence-electron chi connectivity index (χ0n) is 13.0. The van der Waals surface area contributed by atoms with Crippen molar-refractivity contribution in [1.82, 2.24) is 9.88 Å². The summed E-state index contributed by atoms with van der Waals surface area (Å²) in [4.78, 5) is 6.62. The summed E-state index contributed by atoms with van der Waals surface area (Å²) in [6, 6.07) is 13.5. The van der Waals surface area contributed by atoms with E-state index in [1.807, 2.05) is 12.4 Å². The summed E-state index contributed by atoms with van der Waals surface area (Å²) >= 11 is 0. The lowest BCUT2D eigenvalue weighted by Crippen LogP contribution is -2.32. The van der Waals surface area contributed by atoms with Gasteiger partial charge < -0.3 is 5.11 Å². The van der Waals surface area contributed by atoms with E-state index in [9.17, 15) is 5.11 Å². The van der Waals surface area contributed by atoms with Gasteiger partial charge in [-0.05, 0) is 54.5 Å². The third-order valence-corrected chi connectivity index (χ3v) is 4.52. The number of nitrogens with zero attached hydrogens (tertiary/aromatic N) is 2. The Labute approximate surface area is 132 Å². The Morgan fingerprint density at radius 3 is 2.77 bits per heavy atom. The molecule has 0 saturated heterocycles. The Hall–Kier alpha value is -1.71. The number of aliphatic hydroxyl groups is 1. The second kappa shape index (κ2) is 7.52. The molecular formula is C19H24N2O. The topological polar surface area (TPSA) is 36.4 Å². The van der Waals surface area contributed by atoms with E-state index in [1.165, 1.54) is 36.0 Å². The average Bonchev–Trinajstić information content (AvgIpc) is 2.59. The first-order valence-electron chi connectivity index (χ1n) is 8.20. The molecule has 1 aliphatic rings. The number of aliphatic hydroxyl groups excluding tert-OH is 1. The highest BCUT2D eigenvalue weighted by Crippen LogP contribution is 2.35. The van der Waals surface area contributed by atoms with E-state index < -0.39 is 0 Å². The van der Waals surface area contributed by atoms with Crippen LogP contribution in [0.25, 0.3) is 0 Å². The van der Waals surface area contributed by atoms with E-state index in [4.69, 9.17) is 0 Å². The fraction of sp³-hybridized carbons (Fsp3) is 0.421. The first-order valence-corrected chi connectivity index (χ1v) is 8.20. The van der Waals surface area contributed by atoms with Crippen LogP contribution in [0.5, 0.6) is 0 Å². The summed E-state index contributed by atoms with van der Waals surface area (Å²) in [5, 5.41) is 9.24. The average molecular weight is 296 g/mol. The molecule has 116 valence electrons. The maximum absolute atomic E-state index is 9.24. The van der Waals surface area contributed by atoms with Gasteiger partial charge in [-0.3, -0.25) is 9.88 Å². The van der Waals surface area contributed by atoms with Crippen molar-refractivity contribution in [2.75, 3.05) is 13.2 Å². The molecule has 1 atom stereocenters. The molecule has 3 rings (SSSR count). The number of benzene rings is 1. The van der Waals surface area contributed by atoms with Crippen molar-refractivity contribution in [3.05, 3.63) is 65.5 Å². The van der Waals surface area contributed by atoms with Crippen LogP contribution in [0, 0.1) is 0 Å². The Bertz CT molecular complexity index is 585. The maximum atomic E-state index is 9.24. The van der Waals surface area contributed by atoms with E-state index in [-0.39, 0.29) is 6.61 Å². The minimum Gasteiger partial charge on any atom is -0.396 e.